The molecular weight excluding hydrogens is 442 g/mol. The normalized spacial score (nSPS) is 16.2. The fourth-order valence-electron chi connectivity index (χ4n) is 3.52. The zero-order chi connectivity index (χ0) is 21.6. The monoisotopic (exact) mass is 473 g/mol. The Labute approximate surface area is 188 Å². The third kappa shape index (κ3) is 7.03. The van der Waals surface area contributed by atoms with Gasteiger partial charge in [-0.2, -0.15) is 0 Å². The Morgan fingerprint density at radius 2 is 1.87 bits per heavy atom. The average molecular weight is 474 g/mol. The summed E-state index contributed by atoms with van der Waals surface area (Å²) in [6.45, 7) is 10.4. The van der Waals surface area contributed by atoms with E-state index in [0.29, 0.717) is 13.1 Å². The average Bonchev–Trinajstić information content (AvgIpc) is 2.72. The van der Waals surface area contributed by atoms with Crippen LogP contribution in [0.1, 0.15) is 38.3 Å². The maximum absolute atomic E-state index is 13.0. The predicted octanol–water partition coefficient (Wildman–Crippen LogP) is 5.50. The lowest BCUT2D eigenvalue weighted by molar-refractivity contribution is 0.0214. The molecule has 2 aromatic carbocycles. The molecule has 30 heavy (non-hydrogen) atoms. The third-order valence-electron chi connectivity index (χ3n) is 4.99. The number of fused-ring (bicyclic) bond motifs is 1. The molecule has 0 fully saturated rings. The number of amides is 1. The highest BCUT2D eigenvalue weighted by molar-refractivity contribution is 9.10. The van der Waals surface area contributed by atoms with Gasteiger partial charge in [-0.1, -0.05) is 52.3 Å². The summed E-state index contributed by atoms with van der Waals surface area (Å²) in [7, 11) is 0. The molecule has 0 radical (unpaired) electrons. The van der Waals surface area contributed by atoms with E-state index >= 15 is 0 Å². The van der Waals surface area contributed by atoms with Crippen molar-refractivity contribution in [2.24, 2.45) is 0 Å². The summed E-state index contributed by atoms with van der Waals surface area (Å²) in [5.41, 5.74) is 2.93. The van der Waals surface area contributed by atoms with E-state index in [4.69, 9.17) is 4.74 Å². The number of nitrogens with zero attached hydrogens (tertiary/aromatic N) is 2. The predicted molar refractivity (Wildman–Crippen MR) is 126 cm³/mol. The van der Waals surface area contributed by atoms with Crippen molar-refractivity contribution in [1.29, 1.82) is 0 Å². The lowest BCUT2D eigenvalue weighted by atomic mass is 10.1. The maximum atomic E-state index is 13.0. The molecule has 6 heteroatoms. The van der Waals surface area contributed by atoms with E-state index in [1.807, 2.05) is 37.8 Å². The van der Waals surface area contributed by atoms with Gasteiger partial charge in [0, 0.05) is 42.9 Å². The van der Waals surface area contributed by atoms with Crippen LogP contribution >= 0.6 is 15.9 Å². The van der Waals surface area contributed by atoms with Gasteiger partial charge in [-0.3, -0.25) is 4.90 Å². The Kier molecular flexibility index (Phi) is 7.78. The molecule has 1 aliphatic rings. The second kappa shape index (κ2) is 10.3. The van der Waals surface area contributed by atoms with Gasteiger partial charge in [-0.15, -0.1) is 0 Å². The number of benzene rings is 2. The number of anilines is 1. The number of hydrogen-bond donors (Lipinski definition) is 1. The zero-order valence-electron chi connectivity index (χ0n) is 18.2. The molecule has 0 saturated heterocycles. The van der Waals surface area contributed by atoms with Crippen LogP contribution in [0.5, 0.6) is 0 Å². The molecule has 0 saturated carbocycles. The highest BCUT2D eigenvalue weighted by Crippen LogP contribution is 2.24. The van der Waals surface area contributed by atoms with Crippen molar-refractivity contribution in [3.63, 3.8) is 0 Å². The molecule has 1 aliphatic heterocycles. The number of carbonyl (C=O) groups is 1. The van der Waals surface area contributed by atoms with Crippen LogP contribution in [0.3, 0.4) is 0 Å². The molecule has 1 amide bonds. The number of halogens is 1. The lowest BCUT2D eigenvalue weighted by Crippen LogP contribution is -2.41. The molecule has 0 spiro atoms. The molecule has 0 atom stereocenters. The first-order valence-corrected chi connectivity index (χ1v) is 11.4. The van der Waals surface area contributed by atoms with Gasteiger partial charge in [0.05, 0.1) is 6.54 Å². The van der Waals surface area contributed by atoms with E-state index < -0.39 is 5.60 Å². The van der Waals surface area contributed by atoms with Gasteiger partial charge in [-0.05, 0) is 50.5 Å². The second-order valence-electron chi connectivity index (χ2n) is 8.75. The summed E-state index contributed by atoms with van der Waals surface area (Å²) >= 11 is 3.56. The fraction of sp³-hybridized carbons (Fsp3) is 0.458. The SMILES string of the molecule is CC(C)(C)OC(=O)N1CCN(Cc2ccccc2)CCCNc2cc(Br)ccc2C1. The molecular formula is C24H32BrN3O2. The Morgan fingerprint density at radius 3 is 2.60 bits per heavy atom. The first kappa shape index (κ1) is 22.6. The number of rotatable bonds is 2. The summed E-state index contributed by atoms with van der Waals surface area (Å²) < 4.78 is 6.73. The summed E-state index contributed by atoms with van der Waals surface area (Å²) in [6, 6.07) is 16.7. The van der Waals surface area contributed by atoms with Crippen LogP contribution in [-0.2, 0) is 17.8 Å². The summed E-state index contributed by atoms with van der Waals surface area (Å²) in [6.07, 6.45) is 0.765. The smallest absolute Gasteiger partial charge is 0.410 e. The van der Waals surface area contributed by atoms with Gasteiger partial charge in [0.25, 0.3) is 0 Å². The molecule has 2 aromatic rings. The standard InChI is InChI=1S/C24H32BrN3O2/c1-24(2,3)30-23(29)28-15-14-27(17-19-8-5-4-6-9-19)13-7-12-26-22-16-21(25)11-10-20(22)18-28/h4-6,8-11,16,26H,7,12-15,17-18H2,1-3H3. The van der Waals surface area contributed by atoms with Gasteiger partial charge in [0.15, 0.2) is 0 Å². The van der Waals surface area contributed by atoms with Crippen LogP contribution in [-0.4, -0.2) is 47.7 Å². The van der Waals surface area contributed by atoms with Gasteiger partial charge in [-0.25, -0.2) is 4.79 Å². The van der Waals surface area contributed by atoms with Gasteiger partial charge >= 0.3 is 6.09 Å². The van der Waals surface area contributed by atoms with E-state index in [2.05, 4.69) is 62.5 Å². The van der Waals surface area contributed by atoms with E-state index in [1.54, 1.807) is 0 Å². The van der Waals surface area contributed by atoms with Crippen LogP contribution in [0.25, 0.3) is 0 Å². The van der Waals surface area contributed by atoms with Crippen LogP contribution in [0.15, 0.2) is 53.0 Å². The molecule has 0 bridgehead atoms. The molecule has 5 nitrogen and oxygen atoms in total. The molecule has 162 valence electrons. The maximum Gasteiger partial charge on any atom is 0.410 e. The van der Waals surface area contributed by atoms with Gasteiger partial charge < -0.3 is 15.0 Å². The molecule has 3 rings (SSSR count). The number of nitrogens with one attached hydrogen (secondary N) is 1. The van der Waals surface area contributed by atoms with Crippen molar-refractivity contribution < 1.29 is 9.53 Å². The van der Waals surface area contributed by atoms with E-state index in [1.165, 1.54) is 5.56 Å². The Morgan fingerprint density at radius 1 is 1.10 bits per heavy atom. The van der Waals surface area contributed by atoms with Crippen molar-refractivity contribution in [3.8, 4) is 0 Å². The van der Waals surface area contributed by atoms with Crippen LogP contribution in [0.4, 0.5) is 10.5 Å². The summed E-state index contributed by atoms with van der Waals surface area (Å²) in [5, 5.41) is 3.56. The van der Waals surface area contributed by atoms with Crippen molar-refractivity contribution in [3.05, 3.63) is 64.1 Å². The minimum Gasteiger partial charge on any atom is -0.444 e. The highest BCUT2D eigenvalue weighted by atomic mass is 79.9. The topological polar surface area (TPSA) is 44.8 Å². The van der Waals surface area contributed by atoms with Crippen molar-refractivity contribution in [2.45, 2.75) is 45.9 Å². The zero-order valence-corrected chi connectivity index (χ0v) is 19.7. The number of hydrogen-bond acceptors (Lipinski definition) is 4. The highest BCUT2D eigenvalue weighted by Gasteiger charge is 2.24. The van der Waals surface area contributed by atoms with E-state index in [9.17, 15) is 4.79 Å². The second-order valence-corrected chi connectivity index (χ2v) is 9.66. The minimum atomic E-state index is -0.520. The summed E-state index contributed by atoms with van der Waals surface area (Å²) in [5.74, 6) is 0. The van der Waals surface area contributed by atoms with Crippen molar-refractivity contribution in [2.75, 3.05) is 31.5 Å². The van der Waals surface area contributed by atoms with E-state index in [0.717, 1.165) is 48.3 Å². The third-order valence-corrected chi connectivity index (χ3v) is 5.48. The molecule has 1 heterocycles. The van der Waals surface area contributed by atoms with E-state index in [-0.39, 0.29) is 6.09 Å². The number of carbonyl (C=O) groups excluding carboxylic acids is 1. The Balaban J connectivity index is 1.80. The van der Waals surface area contributed by atoms with Crippen LogP contribution < -0.4 is 5.32 Å². The first-order valence-electron chi connectivity index (χ1n) is 10.6. The van der Waals surface area contributed by atoms with Crippen molar-refractivity contribution in [1.82, 2.24) is 9.80 Å². The van der Waals surface area contributed by atoms with Gasteiger partial charge in [0.1, 0.15) is 5.60 Å². The lowest BCUT2D eigenvalue weighted by Gasteiger charge is -2.30. The summed E-state index contributed by atoms with van der Waals surface area (Å²) in [4.78, 5) is 17.2. The van der Waals surface area contributed by atoms with Crippen molar-refractivity contribution >= 4 is 27.7 Å². The van der Waals surface area contributed by atoms with Crippen LogP contribution in [0, 0.1) is 0 Å². The molecule has 0 aromatic heterocycles. The number of ether oxygens (including phenoxy) is 1. The largest absolute Gasteiger partial charge is 0.444 e. The minimum absolute atomic E-state index is 0.268. The van der Waals surface area contributed by atoms with Crippen LogP contribution in [0.2, 0.25) is 0 Å². The Bertz CT molecular complexity index is 836. The quantitative estimate of drug-likeness (QED) is 0.624. The molecule has 0 unspecified atom stereocenters. The fourth-order valence-corrected chi connectivity index (χ4v) is 3.88. The first-order chi connectivity index (χ1) is 14.3. The molecule has 1 N–H and O–H groups in total. The Hall–Kier alpha value is -2.05. The molecule has 0 aliphatic carbocycles. The van der Waals surface area contributed by atoms with Gasteiger partial charge in [0.2, 0.25) is 0 Å².